The van der Waals surface area contributed by atoms with Gasteiger partial charge in [-0.3, -0.25) is 4.68 Å². The van der Waals surface area contributed by atoms with Crippen molar-refractivity contribution in [2.45, 2.75) is 52.1 Å². The third-order valence-electron chi connectivity index (χ3n) is 3.75. The molecule has 0 fully saturated rings. The molecule has 0 radical (unpaired) electrons. The Morgan fingerprint density at radius 2 is 1.90 bits per heavy atom. The lowest BCUT2D eigenvalue weighted by Crippen LogP contribution is -2.25. The summed E-state index contributed by atoms with van der Waals surface area (Å²) in [5.74, 6) is 0. The van der Waals surface area contributed by atoms with E-state index in [0.717, 1.165) is 38.8 Å². The van der Waals surface area contributed by atoms with Crippen LogP contribution in [-0.4, -0.2) is 16.3 Å². The van der Waals surface area contributed by atoms with Gasteiger partial charge >= 0.3 is 0 Å². The fourth-order valence-electron chi connectivity index (χ4n) is 2.67. The number of nitrogens with zero attached hydrogens (tertiary/aromatic N) is 2. The van der Waals surface area contributed by atoms with Gasteiger partial charge in [-0.05, 0) is 43.9 Å². The lowest BCUT2D eigenvalue weighted by molar-refractivity contribution is 0.449. The first-order chi connectivity index (χ1) is 10.3. The smallest absolute Gasteiger partial charge is 0.0553 e. The molecule has 21 heavy (non-hydrogen) atoms. The number of aromatic nitrogens is 2. The van der Waals surface area contributed by atoms with Crippen LogP contribution in [0.3, 0.4) is 0 Å². The zero-order valence-electron chi connectivity index (χ0n) is 13.3. The Bertz CT molecular complexity index is 504. The van der Waals surface area contributed by atoms with Crippen molar-refractivity contribution in [2.24, 2.45) is 0 Å². The zero-order valence-corrected chi connectivity index (χ0v) is 13.3. The third kappa shape index (κ3) is 4.71. The van der Waals surface area contributed by atoms with Gasteiger partial charge in [0.2, 0.25) is 0 Å². The van der Waals surface area contributed by atoms with Crippen molar-refractivity contribution in [3.63, 3.8) is 0 Å². The number of benzene rings is 1. The van der Waals surface area contributed by atoms with Crippen LogP contribution in [-0.2, 0) is 13.0 Å². The molecule has 3 heteroatoms. The van der Waals surface area contributed by atoms with Crippen molar-refractivity contribution in [3.05, 3.63) is 53.9 Å². The molecular weight excluding hydrogens is 258 g/mol. The summed E-state index contributed by atoms with van der Waals surface area (Å²) in [5.41, 5.74) is 2.73. The van der Waals surface area contributed by atoms with Gasteiger partial charge in [0.1, 0.15) is 0 Å². The molecule has 3 nitrogen and oxygen atoms in total. The molecule has 2 aromatic rings. The van der Waals surface area contributed by atoms with E-state index in [9.17, 15) is 0 Å². The van der Waals surface area contributed by atoms with Crippen LogP contribution < -0.4 is 5.32 Å². The van der Waals surface area contributed by atoms with Crippen molar-refractivity contribution >= 4 is 0 Å². The molecule has 1 atom stereocenters. The second-order valence-electron chi connectivity index (χ2n) is 5.51. The first-order valence-corrected chi connectivity index (χ1v) is 8.14. The van der Waals surface area contributed by atoms with E-state index in [1.54, 1.807) is 0 Å². The molecule has 1 unspecified atom stereocenters. The van der Waals surface area contributed by atoms with Crippen LogP contribution in [0, 0.1) is 0 Å². The molecule has 0 amide bonds. The Morgan fingerprint density at radius 1 is 1.10 bits per heavy atom. The minimum atomic E-state index is 0.388. The Hall–Kier alpha value is -1.61. The summed E-state index contributed by atoms with van der Waals surface area (Å²) in [5, 5.41) is 8.15. The van der Waals surface area contributed by atoms with Crippen LogP contribution >= 0.6 is 0 Å². The minimum Gasteiger partial charge on any atom is -0.309 e. The topological polar surface area (TPSA) is 29.9 Å². The molecule has 0 aliphatic heterocycles. The number of rotatable bonds is 9. The summed E-state index contributed by atoms with van der Waals surface area (Å²) in [6, 6.07) is 13.3. The quantitative estimate of drug-likeness (QED) is 0.755. The van der Waals surface area contributed by atoms with Gasteiger partial charge in [0.05, 0.1) is 5.69 Å². The Balaban J connectivity index is 2.04. The Morgan fingerprint density at radius 3 is 2.62 bits per heavy atom. The van der Waals surface area contributed by atoms with Crippen molar-refractivity contribution in [2.75, 3.05) is 6.54 Å². The normalized spacial score (nSPS) is 12.5. The number of aryl methyl sites for hydroxylation is 2. The number of hydrogen-bond donors (Lipinski definition) is 1. The average molecular weight is 285 g/mol. The van der Waals surface area contributed by atoms with Gasteiger partial charge in [-0.25, -0.2) is 0 Å². The first-order valence-electron chi connectivity index (χ1n) is 8.14. The van der Waals surface area contributed by atoms with Gasteiger partial charge in [-0.15, -0.1) is 0 Å². The van der Waals surface area contributed by atoms with Gasteiger partial charge < -0.3 is 5.32 Å². The minimum absolute atomic E-state index is 0.388. The Kier molecular flexibility index (Phi) is 6.48. The van der Waals surface area contributed by atoms with E-state index >= 15 is 0 Å². The van der Waals surface area contributed by atoms with Crippen molar-refractivity contribution in [1.29, 1.82) is 0 Å². The summed E-state index contributed by atoms with van der Waals surface area (Å²) >= 11 is 0. The summed E-state index contributed by atoms with van der Waals surface area (Å²) < 4.78 is 2.15. The fourth-order valence-corrected chi connectivity index (χ4v) is 2.67. The van der Waals surface area contributed by atoms with Gasteiger partial charge in [0.25, 0.3) is 0 Å². The van der Waals surface area contributed by atoms with E-state index in [1.807, 2.05) is 6.20 Å². The standard InChI is InChI=1S/C18H27N3/c1-3-13-19-17(11-10-16-8-6-5-7-9-16)18-12-14-20-21(18)15-4-2/h5-9,12,14,17,19H,3-4,10-11,13,15H2,1-2H3. The molecule has 1 aromatic heterocycles. The van der Waals surface area contributed by atoms with Crippen LogP contribution in [0.15, 0.2) is 42.6 Å². The number of hydrogen-bond acceptors (Lipinski definition) is 2. The lowest BCUT2D eigenvalue weighted by atomic mass is 10.0. The van der Waals surface area contributed by atoms with Crippen LogP contribution in [0.1, 0.15) is 50.4 Å². The highest BCUT2D eigenvalue weighted by Crippen LogP contribution is 2.19. The van der Waals surface area contributed by atoms with E-state index in [2.05, 4.69) is 65.3 Å². The molecular formula is C18H27N3. The monoisotopic (exact) mass is 285 g/mol. The van der Waals surface area contributed by atoms with Crippen LogP contribution in [0.5, 0.6) is 0 Å². The van der Waals surface area contributed by atoms with Gasteiger partial charge in [0, 0.05) is 18.8 Å². The molecule has 0 aliphatic rings. The fraction of sp³-hybridized carbons (Fsp3) is 0.500. The molecule has 114 valence electrons. The maximum absolute atomic E-state index is 4.47. The van der Waals surface area contributed by atoms with Crippen LogP contribution in [0.4, 0.5) is 0 Å². The highest BCUT2D eigenvalue weighted by atomic mass is 15.3. The van der Waals surface area contributed by atoms with Gasteiger partial charge in [0.15, 0.2) is 0 Å². The summed E-state index contributed by atoms with van der Waals surface area (Å²) in [6.07, 6.45) is 6.41. The second kappa shape index (κ2) is 8.63. The van der Waals surface area contributed by atoms with E-state index in [0.29, 0.717) is 6.04 Å². The van der Waals surface area contributed by atoms with Crippen LogP contribution in [0.25, 0.3) is 0 Å². The van der Waals surface area contributed by atoms with Crippen molar-refractivity contribution < 1.29 is 0 Å². The van der Waals surface area contributed by atoms with E-state index in [-0.39, 0.29) is 0 Å². The predicted molar refractivity (Wildman–Crippen MR) is 88.3 cm³/mol. The van der Waals surface area contributed by atoms with Crippen molar-refractivity contribution in [3.8, 4) is 0 Å². The van der Waals surface area contributed by atoms with E-state index < -0.39 is 0 Å². The second-order valence-corrected chi connectivity index (χ2v) is 5.51. The zero-order chi connectivity index (χ0) is 14.9. The van der Waals surface area contributed by atoms with Gasteiger partial charge in [-0.1, -0.05) is 44.2 Å². The average Bonchev–Trinajstić information content (AvgIpc) is 2.97. The maximum atomic E-state index is 4.47. The Labute approximate surface area is 128 Å². The molecule has 1 aromatic carbocycles. The largest absolute Gasteiger partial charge is 0.309 e. The molecule has 0 aliphatic carbocycles. The summed E-state index contributed by atoms with van der Waals surface area (Å²) in [6.45, 7) is 6.46. The highest BCUT2D eigenvalue weighted by Gasteiger charge is 2.15. The SMILES string of the molecule is CCCNC(CCc1ccccc1)c1ccnn1CCC. The molecule has 0 saturated heterocycles. The molecule has 0 spiro atoms. The van der Waals surface area contributed by atoms with Crippen molar-refractivity contribution in [1.82, 2.24) is 15.1 Å². The molecule has 1 heterocycles. The molecule has 2 rings (SSSR count). The maximum Gasteiger partial charge on any atom is 0.0553 e. The first kappa shape index (κ1) is 15.8. The lowest BCUT2D eigenvalue weighted by Gasteiger charge is -2.20. The highest BCUT2D eigenvalue weighted by molar-refractivity contribution is 5.16. The predicted octanol–water partition coefficient (Wildman–Crippen LogP) is 3.97. The summed E-state index contributed by atoms with van der Waals surface area (Å²) in [4.78, 5) is 0. The van der Waals surface area contributed by atoms with E-state index in [4.69, 9.17) is 0 Å². The molecule has 0 bridgehead atoms. The molecule has 1 N–H and O–H groups in total. The third-order valence-corrected chi connectivity index (χ3v) is 3.75. The molecule has 0 saturated carbocycles. The van der Waals surface area contributed by atoms with Gasteiger partial charge in [-0.2, -0.15) is 5.10 Å². The van der Waals surface area contributed by atoms with E-state index in [1.165, 1.54) is 11.3 Å². The number of nitrogens with one attached hydrogen (secondary N) is 1. The summed E-state index contributed by atoms with van der Waals surface area (Å²) in [7, 11) is 0. The van der Waals surface area contributed by atoms with Crippen LogP contribution in [0.2, 0.25) is 0 Å².